The Morgan fingerprint density at radius 3 is 2.62 bits per heavy atom. The summed E-state index contributed by atoms with van der Waals surface area (Å²) in [7, 11) is 1.95. The number of esters is 1. The van der Waals surface area contributed by atoms with E-state index in [-0.39, 0.29) is 22.9 Å². The SMILES string of the molecule is CC(=O)O[C@@H]1CC[C@@]2(C)C(=CC[C@H]3[C@H]2CC[C@]2(C)C(=O)/C(=C/c4cnn(C)c4C)C[C@H]32)C1. The highest BCUT2D eigenvalue weighted by Crippen LogP contribution is 2.64. The summed E-state index contributed by atoms with van der Waals surface area (Å²) in [6.45, 7) is 8.24. The van der Waals surface area contributed by atoms with Gasteiger partial charge in [-0.3, -0.25) is 14.3 Å². The normalized spacial score (nSPS) is 39.8. The lowest BCUT2D eigenvalue weighted by molar-refractivity contribution is -0.148. The molecule has 6 atom stereocenters. The largest absolute Gasteiger partial charge is 0.462 e. The molecule has 0 aliphatic heterocycles. The van der Waals surface area contributed by atoms with Gasteiger partial charge in [0.25, 0.3) is 0 Å². The zero-order chi connectivity index (χ0) is 22.8. The quantitative estimate of drug-likeness (QED) is 0.364. The van der Waals surface area contributed by atoms with E-state index in [0.717, 1.165) is 61.8 Å². The van der Waals surface area contributed by atoms with E-state index in [1.54, 1.807) is 0 Å². The van der Waals surface area contributed by atoms with Crippen molar-refractivity contribution in [1.29, 1.82) is 0 Å². The topological polar surface area (TPSA) is 61.2 Å². The van der Waals surface area contributed by atoms with E-state index in [1.165, 1.54) is 12.5 Å². The second-order valence-electron chi connectivity index (χ2n) is 11.2. The molecule has 5 heteroatoms. The van der Waals surface area contributed by atoms with Crippen LogP contribution in [0.15, 0.2) is 23.4 Å². The summed E-state index contributed by atoms with van der Waals surface area (Å²) in [6, 6.07) is 0. The first-order valence-electron chi connectivity index (χ1n) is 12.2. The third kappa shape index (κ3) is 3.14. The molecular formula is C27H36N2O3. The molecule has 1 aromatic rings. The first kappa shape index (κ1) is 21.7. The van der Waals surface area contributed by atoms with Crippen LogP contribution in [0, 0.1) is 35.5 Å². The molecule has 1 heterocycles. The van der Waals surface area contributed by atoms with Crippen LogP contribution in [0.1, 0.15) is 77.0 Å². The number of fused-ring (bicyclic) bond motifs is 5. The molecule has 1 aromatic heterocycles. The minimum atomic E-state index is -0.236. The molecule has 0 spiro atoms. The Morgan fingerprint density at radius 2 is 1.94 bits per heavy atom. The maximum Gasteiger partial charge on any atom is 0.302 e. The number of nitrogens with zero attached hydrogens (tertiary/aromatic N) is 2. The van der Waals surface area contributed by atoms with E-state index in [2.05, 4.69) is 38.0 Å². The van der Waals surface area contributed by atoms with Crippen LogP contribution in [0.3, 0.4) is 0 Å². The van der Waals surface area contributed by atoms with Gasteiger partial charge in [-0.25, -0.2) is 0 Å². The van der Waals surface area contributed by atoms with Crippen LogP contribution in [0.4, 0.5) is 0 Å². The number of Topliss-reactive ketones (excluding diaryl/α,β-unsaturated/α-hetero) is 1. The summed E-state index contributed by atoms with van der Waals surface area (Å²) in [5.41, 5.74) is 4.59. The lowest BCUT2D eigenvalue weighted by Gasteiger charge is -2.56. The Morgan fingerprint density at radius 1 is 1.19 bits per heavy atom. The van der Waals surface area contributed by atoms with Gasteiger partial charge in [0.15, 0.2) is 5.78 Å². The zero-order valence-electron chi connectivity index (χ0n) is 20.1. The van der Waals surface area contributed by atoms with Crippen molar-refractivity contribution in [3.05, 3.63) is 34.7 Å². The maximum atomic E-state index is 13.6. The minimum Gasteiger partial charge on any atom is -0.462 e. The van der Waals surface area contributed by atoms with E-state index in [0.29, 0.717) is 23.5 Å². The molecule has 0 unspecified atom stereocenters. The molecule has 0 N–H and O–H groups in total. The number of carbonyl (C=O) groups is 2. The molecule has 0 bridgehead atoms. The first-order valence-corrected chi connectivity index (χ1v) is 12.2. The van der Waals surface area contributed by atoms with E-state index >= 15 is 0 Å². The summed E-state index contributed by atoms with van der Waals surface area (Å²) in [6.07, 6.45) is 13.4. The average Bonchev–Trinajstić information content (AvgIpc) is 3.19. The lowest BCUT2D eigenvalue weighted by atomic mass is 9.48. The number of hydrogen-bond acceptors (Lipinski definition) is 4. The maximum absolute atomic E-state index is 13.6. The van der Waals surface area contributed by atoms with Gasteiger partial charge in [0.2, 0.25) is 0 Å². The minimum absolute atomic E-state index is 0.0301. The molecule has 5 rings (SSSR count). The predicted octanol–water partition coefficient (Wildman–Crippen LogP) is 5.19. The molecule has 0 aromatic carbocycles. The van der Waals surface area contributed by atoms with Gasteiger partial charge in [-0.1, -0.05) is 25.5 Å². The summed E-state index contributed by atoms with van der Waals surface area (Å²) in [4.78, 5) is 25.1. The van der Waals surface area contributed by atoms with Crippen molar-refractivity contribution in [1.82, 2.24) is 9.78 Å². The van der Waals surface area contributed by atoms with Gasteiger partial charge in [-0.2, -0.15) is 5.10 Å². The van der Waals surface area contributed by atoms with Crippen molar-refractivity contribution in [3.63, 3.8) is 0 Å². The molecule has 3 saturated carbocycles. The fourth-order valence-electron chi connectivity index (χ4n) is 7.61. The number of aryl methyl sites for hydroxylation is 1. The van der Waals surface area contributed by atoms with Crippen molar-refractivity contribution >= 4 is 17.8 Å². The third-order valence-electron chi connectivity index (χ3n) is 9.63. The number of hydrogen-bond donors (Lipinski definition) is 0. The predicted molar refractivity (Wildman–Crippen MR) is 124 cm³/mol. The number of rotatable bonds is 2. The van der Waals surface area contributed by atoms with E-state index in [4.69, 9.17) is 4.74 Å². The number of carbonyl (C=O) groups excluding carboxylic acids is 2. The summed E-state index contributed by atoms with van der Waals surface area (Å²) in [5, 5.41) is 4.36. The van der Waals surface area contributed by atoms with Crippen LogP contribution in [0.2, 0.25) is 0 Å². The second-order valence-corrected chi connectivity index (χ2v) is 11.2. The second kappa shape index (κ2) is 7.43. The van der Waals surface area contributed by atoms with Gasteiger partial charge in [-0.05, 0) is 80.3 Å². The molecule has 4 aliphatic rings. The monoisotopic (exact) mass is 436 g/mol. The van der Waals surface area contributed by atoms with Gasteiger partial charge in [0, 0.05) is 37.1 Å². The fourth-order valence-corrected chi connectivity index (χ4v) is 7.61. The third-order valence-corrected chi connectivity index (χ3v) is 9.63. The van der Waals surface area contributed by atoms with Crippen molar-refractivity contribution in [3.8, 4) is 0 Å². The number of allylic oxidation sites excluding steroid dienone is 2. The first-order chi connectivity index (χ1) is 15.1. The van der Waals surface area contributed by atoms with Crippen molar-refractivity contribution < 1.29 is 14.3 Å². The van der Waals surface area contributed by atoms with E-state index in [9.17, 15) is 9.59 Å². The van der Waals surface area contributed by atoms with Crippen LogP contribution in [0.5, 0.6) is 0 Å². The van der Waals surface area contributed by atoms with Crippen molar-refractivity contribution in [2.45, 2.75) is 78.7 Å². The molecule has 3 fully saturated rings. The Labute approximate surface area is 191 Å². The molecule has 172 valence electrons. The van der Waals surface area contributed by atoms with Crippen LogP contribution in [0.25, 0.3) is 6.08 Å². The van der Waals surface area contributed by atoms with Crippen LogP contribution in [-0.4, -0.2) is 27.6 Å². The Hall–Kier alpha value is -2.17. The molecule has 0 radical (unpaired) electrons. The number of ether oxygens (including phenoxy) is 1. The molecule has 32 heavy (non-hydrogen) atoms. The summed E-state index contributed by atoms with van der Waals surface area (Å²) < 4.78 is 7.44. The highest BCUT2D eigenvalue weighted by atomic mass is 16.5. The van der Waals surface area contributed by atoms with Gasteiger partial charge >= 0.3 is 5.97 Å². The molecule has 0 saturated heterocycles. The molecule has 5 nitrogen and oxygen atoms in total. The standard InChI is InChI=1S/C27H36N2O3/c1-16-19(15-28-29(16)5)12-18-13-24-22-7-6-20-14-21(32-17(2)30)8-10-26(20,3)23(22)9-11-27(24,4)25(18)31/h6,12,15,21-24H,7-11,13-14H2,1-5H3/b18-12+/t21-,22+,23-,24-,26+,27+/m1/s1. The van der Waals surface area contributed by atoms with E-state index in [1.807, 2.05) is 17.9 Å². The van der Waals surface area contributed by atoms with E-state index < -0.39 is 0 Å². The average molecular weight is 437 g/mol. The van der Waals surface area contributed by atoms with Gasteiger partial charge in [0.05, 0.1) is 6.20 Å². The van der Waals surface area contributed by atoms with Crippen LogP contribution >= 0.6 is 0 Å². The summed E-state index contributed by atoms with van der Waals surface area (Å²) >= 11 is 0. The highest BCUT2D eigenvalue weighted by molar-refractivity contribution is 6.06. The Balaban J connectivity index is 1.43. The Kier molecular flexibility index (Phi) is 5.03. The number of ketones is 1. The summed E-state index contributed by atoms with van der Waals surface area (Å²) in [5.74, 6) is 1.78. The fraction of sp³-hybridized carbons (Fsp3) is 0.667. The molecule has 4 aliphatic carbocycles. The molecular weight excluding hydrogens is 400 g/mol. The smallest absolute Gasteiger partial charge is 0.302 e. The van der Waals surface area contributed by atoms with Gasteiger partial charge in [0.1, 0.15) is 6.10 Å². The van der Waals surface area contributed by atoms with Crippen LogP contribution < -0.4 is 0 Å². The van der Waals surface area contributed by atoms with Crippen LogP contribution in [-0.2, 0) is 21.4 Å². The zero-order valence-corrected chi connectivity index (χ0v) is 20.1. The van der Waals surface area contributed by atoms with Gasteiger partial charge < -0.3 is 4.74 Å². The Bertz CT molecular complexity index is 1030. The highest BCUT2D eigenvalue weighted by Gasteiger charge is 2.60. The van der Waals surface area contributed by atoms with Gasteiger partial charge in [-0.15, -0.1) is 0 Å². The number of aromatic nitrogens is 2. The lowest BCUT2D eigenvalue weighted by Crippen LogP contribution is -2.50. The van der Waals surface area contributed by atoms with Crippen molar-refractivity contribution in [2.75, 3.05) is 0 Å². The molecule has 0 amide bonds. The van der Waals surface area contributed by atoms with Crippen molar-refractivity contribution in [2.24, 2.45) is 35.6 Å².